The number of carbonyl (C=O) groups excluding carboxylic acids is 2. The summed E-state index contributed by atoms with van der Waals surface area (Å²) in [6, 6.07) is 16.2. The molecular weight excluding hydrogens is 580 g/mol. The molecule has 0 atom stereocenters. The summed E-state index contributed by atoms with van der Waals surface area (Å²) < 4.78 is 58.8. The molecule has 42 heavy (non-hydrogen) atoms. The molecule has 208 valence electrons. The Kier molecular flexibility index (Phi) is 5.84. The van der Waals surface area contributed by atoms with Gasteiger partial charge >= 0.3 is 0 Å². The first-order chi connectivity index (χ1) is 19.9. The van der Waals surface area contributed by atoms with E-state index < -0.39 is 28.7 Å². The van der Waals surface area contributed by atoms with Crippen LogP contribution in [0, 0.1) is 23.3 Å². The first kappa shape index (κ1) is 26.7. The quantitative estimate of drug-likeness (QED) is 0.185. The lowest BCUT2D eigenvalue weighted by Gasteiger charge is -2.21. The van der Waals surface area contributed by atoms with Crippen LogP contribution in [-0.2, 0) is 5.41 Å². The highest BCUT2D eigenvalue weighted by Crippen LogP contribution is 2.45. The second-order valence-electron chi connectivity index (χ2n) is 11.4. The van der Waals surface area contributed by atoms with Gasteiger partial charge in [-0.1, -0.05) is 45.0 Å². The fourth-order valence-electron chi connectivity index (χ4n) is 5.73. The Bertz CT molecular complexity index is 2120. The fraction of sp³-hybridized carbons (Fsp3) is 0.118. The van der Waals surface area contributed by atoms with Crippen molar-refractivity contribution in [3.8, 4) is 22.3 Å². The number of ketones is 2. The third kappa shape index (κ3) is 4.04. The number of carbonyl (C=O) groups is 2. The minimum absolute atomic E-state index is 0.0173. The van der Waals surface area contributed by atoms with Gasteiger partial charge in [-0.25, -0.2) is 17.6 Å². The number of rotatable bonds is 2. The second kappa shape index (κ2) is 9.18. The molecule has 1 aliphatic rings. The molecule has 4 aromatic carbocycles. The molecule has 6 aromatic rings. The molecular formula is C34H20F4O2S2. The molecule has 0 amide bonds. The van der Waals surface area contributed by atoms with Gasteiger partial charge in [0.05, 0.1) is 20.9 Å². The predicted molar refractivity (Wildman–Crippen MR) is 160 cm³/mol. The first-order valence-corrected chi connectivity index (χ1v) is 14.7. The Balaban J connectivity index is 1.32. The lowest BCUT2D eigenvalue weighted by Crippen LogP contribution is -2.16. The molecule has 2 nitrogen and oxygen atoms in total. The minimum Gasteiger partial charge on any atom is -0.288 e. The lowest BCUT2D eigenvalue weighted by atomic mass is 9.85. The van der Waals surface area contributed by atoms with Crippen LogP contribution in [0.15, 0.2) is 66.7 Å². The van der Waals surface area contributed by atoms with E-state index >= 15 is 0 Å². The largest absolute Gasteiger partial charge is 0.288 e. The molecule has 0 fully saturated rings. The van der Waals surface area contributed by atoms with Crippen molar-refractivity contribution in [2.24, 2.45) is 0 Å². The highest BCUT2D eigenvalue weighted by molar-refractivity contribution is 7.24. The van der Waals surface area contributed by atoms with Crippen molar-refractivity contribution in [3.05, 3.63) is 116 Å². The molecule has 8 heteroatoms. The summed E-state index contributed by atoms with van der Waals surface area (Å²) in [5.41, 5.74) is 1.81. The summed E-state index contributed by atoms with van der Waals surface area (Å²) in [4.78, 5) is 28.2. The molecule has 1 aliphatic carbocycles. The van der Waals surface area contributed by atoms with Gasteiger partial charge in [0, 0.05) is 31.8 Å². The molecule has 0 unspecified atom stereocenters. The maximum absolute atomic E-state index is 14.9. The van der Waals surface area contributed by atoms with E-state index in [-0.39, 0.29) is 17.1 Å². The van der Waals surface area contributed by atoms with Crippen molar-refractivity contribution in [2.75, 3.05) is 0 Å². The van der Waals surface area contributed by atoms with Crippen LogP contribution in [0.5, 0.6) is 0 Å². The van der Waals surface area contributed by atoms with Crippen LogP contribution in [0.1, 0.15) is 56.8 Å². The van der Waals surface area contributed by atoms with Crippen LogP contribution >= 0.6 is 22.7 Å². The third-order valence-corrected chi connectivity index (χ3v) is 9.87. The van der Waals surface area contributed by atoms with Crippen LogP contribution in [0.4, 0.5) is 17.6 Å². The van der Waals surface area contributed by atoms with Gasteiger partial charge in [0.2, 0.25) is 11.6 Å². The number of fused-ring (bicyclic) bond motifs is 6. The van der Waals surface area contributed by atoms with Gasteiger partial charge in [0.25, 0.3) is 0 Å². The molecule has 7 rings (SSSR count). The Morgan fingerprint density at radius 1 is 0.548 bits per heavy atom. The van der Waals surface area contributed by atoms with Crippen LogP contribution in [0.25, 0.3) is 42.4 Å². The molecule has 0 N–H and O–H groups in total. The van der Waals surface area contributed by atoms with E-state index in [1.54, 1.807) is 57.2 Å². The molecule has 0 radical (unpaired) electrons. The average molecular weight is 601 g/mol. The molecule has 2 heterocycles. The monoisotopic (exact) mass is 600 g/mol. The van der Waals surface area contributed by atoms with Crippen LogP contribution in [-0.4, -0.2) is 11.6 Å². The van der Waals surface area contributed by atoms with Gasteiger partial charge in [-0.05, 0) is 64.1 Å². The second-order valence-corrected chi connectivity index (χ2v) is 13.5. The van der Waals surface area contributed by atoms with Gasteiger partial charge < -0.3 is 0 Å². The van der Waals surface area contributed by atoms with Gasteiger partial charge in [-0.2, -0.15) is 0 Å². The van der Waals surface area contributed by atoms with Crippen LogP contribution < -0.4 is 0 Å². The maximum atomic E-state index is 14.9. The van der Waals surface area contributed by atoms with Gasteiger partial charge in [0.15, 0.2) is 0 Å². The van der Waals surface area contributed by atoms with E-state index in [0.717, 1.165) is 6.07 Å². The number of halogens is 4. The van der Waals surface area contributed by atoms with Crippen molar-refractivity contribution >= 4 is 54.4 Å². The van der Waals surface area contributed by atoms with E-state index in [2.05, 4.69) is 0 Å². The zero-order chi connectivity index (χ0) is 29.7. The summed E-state index contributed by atoms with van der Waals surface area (Å²) in [6.45, 7) is 5.24. The summed E-state index contributed by atoms with van der Waals surface area (Å²) in [5, 5.41) is 1.20. The Labute approximate surface area is 245 Å². The Hall–Kier alpha value is -4.14. The highest BCUT2D eigenvalue weighted by atomic mass is 32.1. The number of thiophene rings is 2. The minimum atomic E-state index is -0.701. The first-order valence-electron chi connectivity index (χ1n) is 13.1. The normalized spacial score (nSPS) is 13.2. The van der Waals surface area contributed by atoms with Crippen LogP contribution in [0.2, 0.25) is 0 Å². The predicted octanol–water partition coefficient (Wildman–Crippen LogP) is 10.1. The number of hydrogen-bond donors (Lipinski definition) is 0. The summed E-state index contributed by atoms with van der Waals surface area (Å²) in [7, 11) is 0. The summed E-state index contributed by atoms with van der Waals surface area (Å²) in [6.07, 6.45) is 0. The molecule has 0 spiro atoms. The van der Waals surface area contributed by atoms with Crippen molar-refractivity contribution in [1.82, 2.24) is 0 Å². The Morgan fingerprint density at radius 2 is 0.976 bits per heavy atom. The van der Waals surface area contributed by atoms with E-state index in [1.165, 1.54) is 46.9 Å². The smallest absolute Gasteiger partial charge is 0.205 e. The average Bonchev–Trinajstić information content (AvgIpc) is 3.49. The topological polar surface area (TPSA) is 34.1 Å². The highest BCUT2D eigenvalue weighted by Gasteiger charge is 2.36. The fourth-order valence-corrected chi connectivity index (χ4v) is 8.10. The van der Waals surface area contributed by atoms with Crippen molar-refractivity contribution in [2.45, 2.75) is 26.2 Å². The number of hydrogen-bond acceptors (Lipinski definition) is 4. The molecule has 0 saturated heterocycles. The SMILES string of the molecule is CC(C)(C)c1c(F)cc(-c2ccc3c4c(sc3c2)C(=O)c2c(sc3cc(-c5cc(F)cc(F)c5)ccc23)C4=O)cc1F. The van der Waals surface area contributed by atoms with Gasteiger partial charge in [-0.3, -0.25) is 9.59 Å². The molecule has 0 bridgehead atoms. The van der Waals surface area contributed by atoms with Gasteiger partial charge in [0.1, 0.15) is 23.3 Å². The van der Waals surface area contributed by atoms with E-state index in [0.29, 0.717) is 63.3 Å². The van der Waals surface area contributed by atoms with Crippen molar-refractivity contribution in [1.29, 1.82) is 0 Å². The summed E-state index contributed by atoms with van der Waals surface area (Å²) >= 11 is 2.35. The van der Waals surface area contributed by atoms with Crippen LogP contribution in [0.3, 0.4) is 0 Å². The molecule has 0 aliphatic heterocycles. The van der Waals surface area contributed by atoms with Crippen molar-refractivity contribution in [3.63, 3.8) is 0 Å². The summed E-state index contributed by atoms with van der Waals surface area (Å²) in [5.74, 6) is -3.20. The standard InChI is InChI=1S/C34H20F4O2S2/c1-34(2,3)29-23(37)10-18(11-24(29)38)16-5-7-22-26(13-16)42-33-28(22)31(40)32-27(30(33)39)21-6-4-15(12-25(21)41-32)17-8-19(35)14-20(36)9-17/h4-14H,1-3H3. The molecule has 2 aromatic heterocycles. The zero-order valence-corrected chi connectivity index (χ0v) is 24.1. The maximum Gasteiger partial charge on any atom is 0.205 e. The Morgan fingerprint density at radius 3 is 1.40 bits per heavy atom. The van der Waals surface area contributed by atoms with E-state index in [9.17, 15) is 27.2 Å². The van der Waals surface area contributed by atoms with Crippen molar-refractivity contribution < 1.29 is 27.2 Å². The number of benzene rings is 4. The van der Waals surface area contributed by atoms with E-state index in [1.807, 2.05) is 0 Å². The lowest BCUT2D eigenvalue weighted by molar-refractivity contribution is 0.0988. The van der Waals surface area contributed by atoms with Gasteiger partial charge in [-0.15, -0.1) is 22.7 Å². The zero-order valence-electron chi connectivity index (χ0n) is 22.5. The molecule has 0 saturated carbocycles. The third-order valence-electron chi connectivity index (χ3n) is 7.57. The van der Waals surface area contributed by atoms with E-state index in [4.69, 9.17) is 0 Å².